The number of hydrogen-bond donors (Lipinski definition) is 2. The Bertz CT molecular complexity index is 1080. The Balaban J connectivity index is 1.48. The van der Waals surface area contributed by atoms with Crippen molar-refractivity contribution in [3.63, 3.8) is 0 Å². The Hall–Kier alpha value is -2.69. The lowest BCUT2D eigenvalue weighted by molar-refractivity contribution is -0.116. The highest BCUT2D eigenvalue weighted by atomic mass is 35.5. The first-order valence-electron chi connectivity index (χ1n) is 8.86. The minimum Gasteiger partial charge on any atom is -0.345 e. The first kappa shape index (κ1) is 22.0. The standard InChI is InChI=1S/C19H19ClN6O2S2/c1-12-10-29-18(22-12)23-17(28)11-30-19-25-24-15(26(19)2)9-21-16(27)8-7-13-5-3-4-6-14(13)20/h3-8,10H,9,11H2,1-2H3,(H,21,27)(H,22,23,28). The highest BCUT2D eigenvalue weighted by Gasteiger charge is 2.13. The van der Waals surface area contributed by atoms with Crippen LogP contribution >= 0.6 is 34.7 Å². The number of thiazole rings is 1. The molecule has 2 heterocycles. The molecular formula is C19H19ClN6O2S2. The molecule has 0 radical (unpaired) electrons. The summed E-state index contributed by atoms with van der Waals surface area (Å²) in [7, 11) is 1.78. The van der Waals surface area contributed by atoms with Crippen LogP contribution < -0.4 is 10.6 Å². The van der Waals surface area contributed by atoms with Crippen LogP contribution in [0.2, 0.25) is 5.02 Å². The van der Waals surface area contributed by atoms with Gasteiger partial charge in [0, 0.05) is 23.5 Å². The number of benzene rings is 1. The Morgan fingerprint density at radius 1 is 1.30 bits per heavy atom. The molecule has 30 heavy (non-hydrogen) atoms. The third kappa shape index (κ3) is 6.15. The zero-order valence-corrected chi connectivity index (χ0v) is 18.6. The Labute approximate surface area is 186 Å². The van der Waals surface area contributed by atoms with E-state index in [1.165, 1.54) is 29.2 Å². The molecule has 2 amide bonds. The van der Waals surface area contributed by atoms with Gasteiger partial charge >= 0.3 is 0 Å². The third-order valence-electron chi connectivity index (χ3n) is 3.86. The number of nitrogens with zero attached hydrogens (tertiary/aromatic N) is 4. The first-order chi connectivity index (χ1) is 14.4. The number of carbonyl (C=O) groups is 2. The second-order valence-corrected chi connectivity index (χ2v) is 8.37. The van der Waals surface area contributed by atoms with Gasteiger partial charge in [-0.2, -0.15) is 0 Å². The molecule has 0 bridgehead atoms. The summed E-state index contributed by atoms with van der Waals surface area (Å²) < 4.78 is 1.74. The van der Waals surface area contributed by atoms with Crippen LogP contribution in [0, 0.1) is 6.92 Å². The minimum absolute atomic E-state index is 0.170. The summed E-state index contributed by atoms with van der Waals surface area (Å²) in [5.41, 5.74) is 1.63. The van der Waals surface area contributed by atoms with Crippen LogP contribution in [0.4, 0.5) is 5.13 Å². The number of anilines is 1. The maximum Gasteiger partial charge on any atom is 0.244 e. The second kappa shape index (κ2) is 10.4. The smallest absolute Gasteiger partial charge is 0.244 e. The van der Waals surface area contributed by atoms with E-state index in [1.807, 2.05) is 30.5 Å². The largest absolute Gasteiger partial charge is 0.345 e. The van der Waals surface area contributed by atoms with Crippen LogP contribution in [-0.4, -0.2) is 37.3 Å². The fourth-order valence-electron chi connectivity index (χ4n) is 2.32. The lowest BCUT2D eigenvalue weighted by atomic mass is 10.2. The van der Waals surface area contributed by atoms with Gasteiger partial charge in [-0.25, -0.2) is 4.98 Å². The molecule has 0 saturated carbocycles. The van der Waals surface area contributed by atoms with E-state index in [0.717, 1.165) is 11.3 Å². The molecule has 11 heteroatoms. The van der Waals surface area contributed by atoms with Crippen LogP contribution in [0.1, 0.15) is 17.1 Å². The first-order valence-corrected chi connectivity index (χ1v) is 11.1. The SMILES string of the molecule is Cc1csc(NC(=O)CSc2nnc(CNC(=O)C=Cc3ccccc3Cl)n2C)n1. The summed E-state index contributed by atoms with van der Waals surface area (Å²) in [6.45, 7) is 2.08. The van der Waals surface area contributed by atoms with Gasteiger partial charge in [0.15, 0.2) is 16.1 Å². The summed E-state index contributed by atoms with van der Waals surface area (Å²) in [6, 6.07) is 7.26. The minimum atomic E-state index is -0.273. The highest BCUT2D eigenvalue weighted by molar-refractivity contribution is 7.99. The number of thioether (sulfide) groups is 1. The van der Waals surface area contributed by atoms with Crippen molar-refractivity contribution in [2.75, 3.05) is 11.1 Å². The van der Waals surface area contributed by atoms with Gasteiger partial charge in [0.2, 0.25) is 11.8 Å². The van der Waals surface area contributed by atoms with E-state index >= 15 is 0 Å². The van der Waals surface area contributed by atoms with Crippen LogP contribution in [-0.2, 0) is 23.2 Å². The summed E-state index contributed by atoms with van der Waals surface area (Å²) >= 11 is 8.70. The van der Waals surface area contributed by atoms with Gasteiger partial charge in [-0.05, 0) is 24.6 Å². The number of amides is 2. The van der Waals surface area contributed by atoms with E-state index < -0.39 is 0 Å². The molecule has 0 fully saturated rings. The Morgan fingerprint density at radius 2 is 2.10 bits per heavy atom. The molecule has 1 aromatic carbocycles. The number of carbonyl (C=O) groups excluding carboxylic acids is 2. The number of rotatable bonds is 8. The zero-order valence-electron chi connectivity index (χ0n) is 16.3. The summed E-state index contributed by atoms with van der Waals surface area (Å²) in [6.07, 6.45) is 3.07. The number of nitrogens with one attached hydrogen (secondary N) is 2. The molecule has 0 aliphatic heterocycles. The van der Waals surface area contributed by atoms with Gasteiger partial charge in [0.25, 0.3) is 0 Å². The van der Waals surface area contributed by atoms with Crippen LogP contribution in [0.3, 0.4) is 0 Å². The normalized spacial score (nSPS) is 11.0. The maximum absolute atomic E-state index is 12.0. The van der Waals surface area contributed by atoms with E-state index in [-0.39, 0.29) is 24.1 Å². The van der Waals surface area contributed by atoms with E-state index in [4.69, 9.17) is 11.6 Å². The molecule has 3 aromatic rings. The highest BCUT2D eigenvalue weighted by Crippen LogP contribution is 2.18. The molecule has 0 saturated heterocycles. The van der Waals surface area contributed by atoms with Crippen molar-refractivity contribution in [2.24, 2.45) is 7.05 Å². The van der Waals surface area contributed by atoms with Crippen LogP contribution in [0.5, 0.6) is 0 Å². The molecule has 0 spiro atoms. The Morgan fingerprint density at radius 3 is 2.83 bits per heavy atom. The molecule has 2 aromatic heterocycles. The monoisotopic (exact) mass is 462 g/mol. The Kier molecular flexibility index (Phi) is 7.61. The van der Waals surface area contributed by atoms with Crippen LogP contribution in [0.15, 0.2) is 40.9 Å². The molecule has 8 nitrogen and oxygen atoms in total. The number of halogens is 1. The van der Waals surface area contributed by atoms with Gasteiger partial charge in [0.1, 0.15) is 0 Å². The van der Waals surface area contributed by atoms with Crippen molar-refractivity contribution in [3.05, 3.63) is 57.8 Å². The fraction of sp³-hybridized carbons (Fsp3) is 0.211. The van der Waals surface area contributed by atoms with E-state index in [1.54, 1.807) is 23.8 Å². The topological polar surface area (TPSA) is 102 Å². The quantitative estimate of drug-likeness (QED) is 0.393. The second-order valence-electron chi connectivity index (χ2n) is 6.16. The van der Waals surface area contributed by atoms with Gasteiger partial charge in [-0.1, -0.05) is 41.6 Å². The van der Waals surface area contributed by atoms with Gasteiger partial charge < -0.3 is 15.2 Å². The summed E-state index contributed by atoms with van der Waals surface area (Å²) in [4.78, 5) is 28.3. The fourth-order valence-corrected chi connectivity index (χ4v) is 3.96. The molecule has 0 atom stereocenters. The van der Waals surface area contributed by atoms with Gasteiger partial charge in [0.05, 0.1) is 18.0 Å². The van der Waals surface area contributed by atoms with Gasteiger partial charge in [-0.3, -0.25) is 9.59 Å². The molecule has 3 rings (SSSR count). The van der Waals surface area contributed by atoms with E-state index in [0.29, 0.717) is 21.1 Å². The average molecular weight is 463 g/mol. The average Bonchev–Trinajstić information content (AvgIpc) is 3.29. The molecule has 156 valence electrons. The summed E-state index contributed by atoms with van der Waals surface area (Å²) in [5, 5.41) is 17.3. The third-order valence-corrected chi connectivity index (χ3v) is 6.10. The van der Waals surface area contributed by atoms with Crippen molar-refractivity contribution < 1.29 is 9.59 Å². The lowest BCUT2D eigenvalue weighted by Crippen LogP contribution is -2.22. The predicted octanol–water partition coefficient (Wildman–Crippen LogP) is 3.29. The van der Waals surface area contributed by atoms with E-state index in [9.17, 15) is 9.59 Å². The zero-order chi connectivity index (χ0) is 21.5. The van der Waals surface area contributed by atoms with Gasteiger partial charge in [-0.15, -0.1) is 21.5 Å². The number of aromatic nitrogens is 4. The molecule has 2 N–H and O–H groups in total. The van der Waals surface area contributed by atoms with Crippen molar-refractivity contribution in [1.29, 1.82) is 0 Å². The predicted molar refractivity (Wildman–Crippen MR) is 120 cm³/mol. The van der Waals surface area contributed by atoms with Crippen molar-refractivity contribution in [1.82, 2.24) is 25.1 Å². The molecule has 0 aliphatic carbocycles. The molecule has 0 aliphatic rings. The van der Waals surface area contributed by atoms with E-state index in [2.05, 4.69) is 25.8 Å². The lowest BCUT2D eigenvalue weighted by Gasteiger charge is -2.05. The van der Waals surface area contributed by atoms with Crippen molar-refractivity contribution in [3.8, 4) is 0 Å². The molecule has 0 unspecified atom stereocenters. The van der Waals surface area contributed by atoms with Crippen molar-refractivity contribution in [2.45, 2.75) is 18.6 Å². The molecular weight excluding hydrogens is 444 g/mol. The van der Waals surface area contributed by atoms with Crippen LogP contribution in [0.25, 0.3) is 6.08 Å². The maximum atomic E-state index is 12.0. The number of hydrogen-bond acceptors (Lipinski definition) is 7. The summed E-state index contributed by atoms with van der Waals surface area (Å²) in [5.74, 6) is 0.312. The number of aryl methyl sites for hydroxylation is 1. The van der Waals surface area contributed by atoms with Crippen molar-refractivity contribution >= 4 is 57.7 Å².